The van der Waals surface area contributed by atoms with Crippen molar-refractivity contribution in [1.29, 1.82) is 0 Å². The number of hydrogen-bond acceptors (Lipinski definition) is 6. The van der Waals surface area contributed by atoms with Gasteiger partial charge in [0.05, 0.1) is 16.4 Å². The fraction of sp³-hybridized carbons (Fsp3) is 0.588. The molecule has 3 heterocycles. The Bertz CT molecular complexity index is 682. The lowest BCUT2D eigenvalue weighted by atomic mass is 9.95. The van der Waals surface area contributed by atoms with Crippen LogP contribution in [0.1, 0.15) is 40.6 Å². The van der Waals surface area contributed by atoms with Crippen LogP contribution in [-0.2, 0) is 17.9 Å². The van der Waals surface area contributed by atoms with E-state index in [1.165, 1.54) is 0 Å². The predicted octanol–water partition coefficient (Wildman–Crippen LogP) is 2.58. The predicted molar refractivity (Wildman–Crippen MR) is 92.7 cm³/mol. The first-order valence-electron chi connectivity index (χ1n) is 8.35. The summed E-state index contributed by atoms with van der Waals surface area (Å²) >= 11 is 1.69. The standard InChI is InChI=1S/C17H24N4O2S/c1-11-16(12(2)23-20-11)8-18-17(22)14-4-6-21(7-5-14)9-15-10-24-13(3)19-15/h10,14H,4-9H2,1-3H3,(H,18,22). The molecule has 1 amide bonds. The quantitative estimate of drug-likeness (QED) is 0.899. The van der Waals surface area contributed by atoms with Crippen molar-refractivity contribution in [1.82, 2.24) is 20.4 Å². The van der Waals surface area contributed by atoms with E-state index in [-0.39, 0.29) is 11.8 Å². The SMILES string of the molecule is Cc1nc(CN2CCC(C(=O)NCc3c(C)noc3C)CC2)cs1. The summed E-state index contributed by atoms with van der Waals surface area (Å²) in [6, 6.07) is 0. The van der Waals surface area contributed by atoms with E-state index in [4.69, 9.17) is 4.52 Å². The van der Waals surface area contributed by atoms with Crippen molar-refractivity contribution >= 4 is 17.2 Å². The Morgan fingerprint density at radius 2 is 2.12 bits per heavy atom. The molecule has 1 fully saturated rings. The minimum atomic E-state index is 0.0962. The Morgan fingerprint density at radius 3 is 2.71 bits per heavy atom. The number of thiazole rings is 1. The van der Waals surface area contributed by atoms with Gasteiger partial charge in [-0.25, -0.2) is 4.98 Å². The van der Waals surface area contributed by atoms with Crippen LogP contribution in [0.5, 0.6) is 0 Å². The van der Waals surface area contributed by atoms with Gasteiger partial charge in [-0.05, 0) is 46.7 Å². The molecular weight excluding hydrogens is 324 g/mol. The summed E-state index contributed by atoms with van der Waals surface area (Å²) in [5.41, 5.74) is 2.97. The monoisotopic (exact) mass is 348 g/mol. The fourth-order valence-corrected chi connectivity index (χ4v) is 3.74. The molecule has 0 atom stereocenters. The van der Waals surface area contributed by atoms with E-state index in [0.29, 0.717) is 6.54 Å². The molecule has 130 valence electrons. The number of aryl methyl sites for hydroxylation is 3. The molecule has 1 N–H and O–H groups in total. The summed E-state index contributed by atoms with van der Waals surface area (Å²) in [6.07, 6.45) is 1.80. The smallest absolute Gasteiger partial charge is 0.223 e. The van der Waals surface area contributed by atoms with E-state index in [1.807, 2.05) is 20.8 Å². The summed E-state index contributed by atoms with van der Waals surface area (Å²) in [7, 11) is 0. The van der Waals surface area contributed by atoms with Gasteiger partial charge in [0, 0.05) is 30.0 Å². The summed E-state index contributed by atoms with van der Waals surface area (Å²) in [5.74, 6) is 1.01. The highest BCUT2D eigenvalue weighted by Gasteiger charge is 2.25. The van der Waals surface area contributed by atoms with Crippen molar-refractivity contribution in [3.05, 3.63) is 33.1 Å². The van der Waals surface area contributed by atoms with Gasteiger partial charge in [-0.2, -0.15) is 0 Å². The molecule has 0 radical (unpaired) electrons. The van der Waals surface area contributed by atoms with Gasteiger partial charge in [0.15, 0.2) is 0 Å². The molecule has 1 aliphatic heterocycles. The highest BCUT2D eigenvalue weighted by Crippen LogP contribution is 2.20. The topological polar surface area (TPSA) is 71.3 Å². The van der Waals surface area contributed by atoms with Crippen LogP contribution in [0.25, 0.3) is 0 Å². The van der Waals surface area contributed by atoms with Crippen LogP contribution >= 0.6 is 11.3 Å². The van der Waals surface area contributed by atoms with Gasteiger partial charge in [0.25, 0.3) is 0 Å². The molecular formula is C17H24N4O2S. The average molecular weight is 348 g/mol. The van der Waals surface area contributed by atoms with Gasteiger partial charge in [-0.15, -0.1) is 11.3 Å². The van der Waals surface area contributed by atoms with Gasteiger partial charge in [-0.3, -0.25) is 9.69 Å². The van der Waals surface area contributed by atoms with E-state index in [2.05, 4.69) is 25.7 Å². The molecule has 0 aromatic carbocycles. The molecule has 0 bridgehead atoms. The van der Waals surface area contributed by atoms with Crippen LogP contribution in [-0.4, -0.2) is 34.0 Å². The van der Waals surface area contributed by atoms with E-state index in [1.54, 1.807) is 11.3 Å². The molecule has 6 nitrogen and oxygen atoms in total. The Hall–Kier alpha value is -1.73. The third kappa shape index (κ3) is 4.02. The van der Waals surface area contributed by atoms with Crippen molar-refractivity contribution in [3.8, 4) is 0 Å². The fourth-order valence-electron chi connectivity index (χ4n) is 3.14. The highest BCUT2D eigenvalue weighted by molar-refractivity contribution is 7.09. The van der Waals surface area contributed by atoms with Crippen molar-refractivity contribution in [3.63, 3.8) is 0 Å². The lowest BCUT2D eigenvalue weighted by Crippen LogP contribution is -2.40. The highest BCUT2D eigenvalue weighted by atomic mass is 32.1. The van der Waals surface area contributed by atoms with Gasteiger partial charge < -0.3 is 9.84 Å². The van der Waals surface area contributed by atoms with Crippen LogP contribution in [0.2, 0.25) is 0 Å². The number of amides is 1. The second-order valence-electron chi connectivity index (χ2n) is 6.43. The molecule has 2 aromatic heterocycles. The van der Waals surface area contributed by atoms with Crippen LogP contribution in [0.4, 0.5) is 0 Å². The summed E-state index contributed by atoms with van der Waals surface area (Å²) in [6.45, 7) is 9.08. The zero-order chi connectivity index (χ0) is 17.1. The Labute approximate surface area is 146 Å². The van der Waals surface area contributed by atoms with Gasteiger partial charge in [-0.1, -0.05) is 5.16 Å². The van der Waals surface area contributed by atoms with Crippen molar-refractivity contribution in [2.24, 2.45) is 5.92 Å². The maximum Gasteiger partial charge on any atom is 0.223 e. The largest absolute Gasteiger partial charge is 0.361 e. The zero-order valence-electron chi connectivity index (χ0n) is 14.5. The van der Waals surface area contributed by atoms with Gasteiger partial charge in [0.1, 0.15) is 5.76 Å². The zero-order valence-corrected chi connectivity index (χ0v) is 15.3. The second-order valence-corrected chi connectivity index (χ2v) is 7.49. The van der Waals surface area contributed by atoms with Crippen LogP contribution in [0, 0.1) is 26.7 Å². The Balaban J connectivity index is 1.45. The average Bonchev–Trinajstić information content (AvgIpc) is 3.12. The summed E-state index contributed by atoms with van der Waals surface area (Å²) in [4.78, 5) is 19.3. The van der Waals surface area contributed by atoms with E-state index in [0.717, 1.165) is 60.2 Å². The number of likely N-dealkylation sites (tertiary alicyclic amines) is 1. The molecule has 2 aromatic rings. The first-order valence-corrected chi connectivity index (χ1v) is 9.23. The molecule has 0 aliphatic carbocycles. The van der Waals surface area contributed by atoms with Crippen LogP contribution in [0.3, 0.4) is 0 Å². The Kier molecular flexibility index (Phi) is 5.30. The first kappa shape index (κ1) is 17.1. The molecule has 7 heteroatoms. The maximum atomic E-state index is 12.4. The number of piperidine rings is 1. The lowest BCUT2D eigenvalue weighted by molar-refractivity contribution is -0.126. The maximum absolute atomic E-state index is 12.4. The number of nitrogens with one attached hydrogen (secondary N) is 1. The molecule has 3 rings (SSSR count). The Morgan fingerprint density at radius 1 is 1.38 bits per heavy atom. The number of carbonyl (C=O) groups excluding carboxylic acids is 1. The summed E-state index contributed by atoms with van der Waals surface area (Å²) in [5, 5.41) is 10.2. The van der Waals surface area contributed by atoms with E-state index < -0.39 is 0 Å². The minimum Gasteiger partial charge on any atom is -0.361 e. The van der Waals surface area contributed by atoms with E-state index in [9.17, 15) is 4.79 Å². The molecule has 1 aliphatic rings. The lowest BCUT2D eigenvalue weighted by Gasteiger charge is -2.30. The molecule has 1 saturated heterocycles. The van der Waals surface area contributed by atoms with E-state index >= 15 is 0 Å². The van der Waals surface area contributed by atoms with Crippen LogP contribution < -0.4 is 5.32 Å². The third-order valence-electron chi connectivity index (χ3n) is 4.63. The normalized spacial score (nSPS) is 16.5. The molecule has 0 unspecified atom stereocenters. The minimum absolute atomic E-state index is 0.0962. The number of carbonyl (C=O) groups is 1. The van der Waals surface area contributed by atoms with Crippen molar-refractivity contribution < 1.29 is 9.32 Å². The van der Waals surface area contributed by atoms with Crippen molar-refractivity contribution in [2.75, 3.05) is 13.1 Å². The van der Waals surface area contributed by atoms with Crippen molar-refractivity contribution in [2.45, 2.75) is 46.7 Å². The third-order valence-corrected chi connectivity index (χ3v) is 5.45. The first-order chi connectivity index (χ1) is 11.5. The number of rotatable bonds is 5. The van der Waals surface area contributed by atoms with Crippen LogP contribution in [0.15, 0.2) is 9.90 Å². The molecule has 0 spiro atoms. The molecule has 0 saturated carbocycles. The van der Waals surface area contributed by atoms with Gasteiger partial charge >= 0.3 is 0 Å². The van der Waals surface area contributed by atoms with Gasteiger partial charge in [0.2, 0.25) is 5.91 Å². The summed E-state index contributed by atoms with van der Waals surface area (Å²) < 4.78 is 5.13. The number of hydrogen-bond donors (Lipinski definition) is 1. The second kappa shape index (κ2) is 7.44. The molecule has 24 heavy (non-hydrogen) atoms. The number of aromatic nitrogens is 2. The number of nitrogens with zero attached hydrogens (tertiary/aromatic N) is 3.